The Morgan fingerprint density at radius 1 is 1.50 bits per heavy atom. The normalized spacial score (nSPS) is 11.1. The van der Waals surface area contributed by atoms with Gasteiger partial charge in [0, 0.05) is 18.0 Å². The van der Waals surface area contributed by atoms with Crippen molar-refractivity contribution in [1.82, 2.24) is 4.98 Å². The summed E-state index contributed by atoms with van der Waals surface area (Å²) in [6, 6.07) is 3.67. The van der Waals surface area contributed by atoms with E-state index in [-0.39, 0.29) is 5.97 Å². The summed E-state index contributed by atoms with van der Waals surface area (Å²) in [5, 5.41) is 0. The second-order valence-electron chi connectivity index (χ2n) is 2.83. The van der Waals surface area contributed by atoms with E-state index in [1.54, 1.807) is 32.3 Å². The average Bonchev–Trinajstić information content (AvgIpc) is 2.19. The number of carbonyl (C=O) groups is 1. The first kappa shape index (κ1) is 10.4. The molecule has 1 heterocycles. The van der Waals surface area contributed by atoms with Crippen LogP contribution in [0.25, 0.3) is 6.08 Å². The number of aromatic nitrogens is 1. The monoisotopic (exact) mass is 191 g/mol. The maximum absolute atomic E-state index is 11.2. The summed E-state index contributed by atoms with van der Waals surface area (Å²) in [6.45, 7) is 3.93. The first-order valence-corrected chi connectivity index (χ1v) is 4.49. The minimum absolute atomic E-state index is 0.274. The molecule has 0 saturated heterocycles. The van der Waals surface area contributed by atoms with Crippen molar-refractivity contribution in [2.45, 2.75) is 13.8 Å². The first-order valence-electron chi connectivity index (χ1n) is 4.49. The van der Waals surface area contributed by atoms with Gasteiger partial charge in [-0.3, -0.25) is 4.98 Å². The van der Waals surface area contributed by atoms with Crippen LogP contribution in [0.4, 0.5) is 0 Å². The number of esters is 1. The predicted molar refractivity (Wildman–Crippen MR) is 54.5 cm³/mol. The largest absolute Gasteiger partial charge is 0.463 e. The van der Waals surface area contributed by atoms with E-state index in [9.17, 15) is 4.79 Å². The topological polar surface area (TPSA) is 39.2 Å². The van der Waals surface area contributed by atoms with Crippen molar-refractivity contribution >= 4 is 12.0 Å². The Labute approximate surface area is 83.4 Å². The highest BCUT2D eigenvalue weighted by Crippen LogP contribution is 2.06. The number of hydrogen-bond acceptors (Lipinski definition) is 3. The molecule has 1 aromatic heterocycles. The van der Waals surface area contributed by atoms with E-state index in [1.807, 2.05) is 12.1 Å². The molecule has 0 saturated carbocycles. The third-order valence-electron chi connectivity index (χ3n) is 1.69. The zero-order chi connectivity index (χ0) is 10.4. The molecular formula is C11H13NO2. The minimum Gasteiger partial charge on any atom is -0.463 e. The number of ether oxygens (including phenoxy) is 1. The van der Waals surface area contributed by atoms with Crippen LogP contribution in [0.2, 0.25) is 0 Å². The van der Waals surface area contributed by atoms with Gasteiger partial charge < -0.3 is 4.74 Å². The standard InChI is InChI=1S/C11H13NO2/c1-3-14-11(13)9(2)8-10-4-6-12-7-5-10/h4-8H,3H2,1-2H3/b9-8+. The van der Waals surface area contributed by atoms with Crippen LogP contribution in [0.5, 0.6) is 0 Å². The van der Waals surface area contributed by atoms with Crippen LogP contribution in [-0.2, 0) is 9.53 Å². The van der Waals surface area contributed by atoms with Crippen molar-refractivity contribution in [2.24, 2.45) is 0 Å². The summed E-state index contributed by atoms with van der Waals surface area (Å²) in [7, 11) is 0. The Kier molecular flexibility index (Phi) is 3.85. The molecule has 0 aliphatic rings. The lowest BCUT2D eigenvalue weighted by Gasteiger charge is -2.00. The highest BCUT2D eigenvalue weighted by molar-refractivity contribution is 5.92. The fraction of sp³-hybridized carbons (Fsp3) is 0.273. The number of nitrogens with zero attached hydrogens (tertiary/aromatic N) is 1. The molecule has 0 spiro atoms. The average molecular weight is 191 g/mol. The Hall–Kier alpha value is -1.64. The molecule has 0 fully saturated rings. The maximum atomic E-state index is 11.2. The lowest BCUT2D eigenvalue weighted by molar-refractivity contribution is -0.138. The molecule has 0 aromatic carbocycles. The van der Waals surface area contributed by atoms with Crippen molar-refractivity contribution in [3.05, 3.63) is 35.7 Å². The van der Waals surface area contributed by atoms with Crippen LogP contribution in [0, 0.1) is 0 Å². The van der Waals surface area contributed by atoms with Crippen molar-refractivity contribution < 1.29 is 9.53 Å². The molecule has 0 N–H and O–H groups in total. The maximum Gasteiger partial charge on any atom is 0.333 e. The van der Waals surface area contributed by atoms with Gasteiger partial charge in [0.25, 0.3) is 0 Å². The molecule has 14 heavy (non-hydrogen) atoms. The van der Waals surface area contributed by atoms with E-state index in [1.165, 1.54) is 0 Å². The molecular weight excluding hydrogens is 178 g/mol. The zero-order valence-electron chi connectivity index (χ0n) is 8.36. The third kappa shape index (κ3) is 3.01. The van der Waals surface area contributed by atoms with Crippen LogP contribution in [0.15, 0.2) is 30.1 Å². The molecule has 1 aromatic rings. The second-order valence-corrected chi connectivity index (χ2v) is 2.83. The van der Waals surface area contributed by atoms with Crippen LogP contribution in [-0.4, -0.2) is 17.6 Å². The molecule has 1 rings (SSSR count). The molecule has 0 amide bonds. The summed E-state index contributed by atoms with van der Waals surface area (Å²) >= 11 is 0. The quantitative estimate of drug-likeness (QED) is 0.542. The number of carbonyl (C=O) groups excluding carboxylic acids is 1. The van der Waals surface area contributed by atoms with Crippen LogP contribution < -0.4 is 0 Å². The van der Waals surface area contributed by atoms with Gasteiger partial charge in [-0.05, 0) is 37.6 Å². The molecule has 0 radical (unpaired) electrons. The summed E-state index contributed by atoms with van der Waals surface area (Å²) in [4.78, 5) is 15.1. The fourth-order valence-corrected chi connectivity index (χ4v) is 1.01. The molecule has 0 atom stereocenters. The molecule has 3 nitrogen and oxygen atoms in total. The van der Waals surface area contributed by atoms with Crippen molar-refractivity contribution in [3.63, 3.8) is 0 Å². The van der Waals surface area contributed by atoms with Gasteiger partial charge in [0.05, 0.1) is 6.61 Å². The molecule has 0 unspecified atom stereocenters. The lowest BCUT2D eigenvalue weighted by atomic mass is 10.2. The van der Waals surface area contributed by atoms with Gasteiger partial charge in [-0.2, -0.15) is 0 Å². The van der Waals surface area contributed by atoms with Crippen LogP contribution >= 0.6 is 0 Å². The highest BCUT2D eigenvalue weighted by atomic mass is 16.5. The Balaban J connectivity index is 2.74. The molecule has 0 aliphatic carbocycles. The molecule has 3 heteroatoms. The summed E-state index contributed by atoms with van der Waals surface area (Å²) in [5.41, 5.74) is 1.55. The van der Waals surface area contributed by atoms with E-state index in [0.717, 1.165) is 5.56 Å². The summed E-state index contributed by atoms with van der Waals surface area (Å²) in [5.74, 6) is -0.274. The van der Waals surface area contributed by atoms with Gasteiger partial charge in [0.15, 0.2) is 0 Å². The van der Waals surface area contributed by atoms with Crippen molar-refractivity contribution in [2.75, 3.05) is 6.61 Å². The van der Waals surface area contributed by atoms with Gasteiger partial charge in [-0.1, -0.05) is 0 Å². The Morgan fingerprint density at radius 2 is 2.14 bits per heavy atom. The molecule has 74 valence electrons. The molecule has 0 aliphatic heterocycles. The van der Waals surface area contributed by atoms with Crippen molar-refractivity contribution in [3.8, 4) is 0 Å². The van der Waals surface area contributed by atoms with Crippen LogP contribution in [0.1, 0.15) is 19.4 Å². The fourth-order valence-electron chi connectivity index (χ4n) is 1.01. The Bertz CT molecular complexity index is 330. The van der Waals surface area contributed by atoms with E-state index in [4.69, 9.17) is 4.74 Å². The third-order valence-corrected chi connectivity index (χ3v) is 1.69. The van der Waals surface area contributed by atoms with Crippen molar-refractivity contribution in [1.29, 1.82) is 0 Å². The minimum atomic E-state index is -0.274. The SMILES string of the molecule is CCOC(=O)/C(C)=C/c1ccncc1. The lowest BCUT2D eigenvalue weighted by Crippen LogP contribution is -2.04. The second kappa shape index (κ2) is 5.17. The zero-order valence-corrected chi connectivity index (χ0v) is 8.36. The highest BCUT2D eigenvalue weighted by Gasteiger charge is 2.03. The van der Waals surface area contributed by atoms with Gasteiger partial charge in [-0.25, -0.2) is 4.79 Å². The number of pyridine rings is 1. The summed E-state index contributed by atoms with van der Waals surface area (Å²) in [6.07, 6.45) is 5.15. The van der Waals surface area contributed by atoms with Gasteiger partial charge in [0.2, 0.25) is 0 Å². The van der Waals surface area contributed by atoms with E-state index >= 15 is 0 Å². The van der Waals surface area contributed by atoms with E-state index in [2.05, 4.69) is 4.98 Å². The van der Waals surface area contributed by atoms with E-state index in [0.29, 0.717) is 12.2 Å². The molecule has 0 bridgehead atoms. The smallest absolute Gasteiger partial charge is 0.333 e. The Morgan fingerprint density at radius 3 is 2.71 bits per heavy atom. The predicted octanol–water partition coefficient (Wildman–Crippen LogP) is 2.05. The van der Waals surface area contributed by atoms with Gasteiger partial charge in [-0.15, -0.1) is 0 Å². The number of rotatable bonds is 3. The van der Waals surface area contributed by atoms with Gasteiger partial charge in [0.1, 0.15) is 0 Å². The van der Waals surface area contributed by atoms with Gasteiger partial charge >= 0.3 is 5.97 Å². The van der Waals surface area contributed by atoms with Crippen LogP contribution in [0.3, 0.4) is 0 Å². The number of hydrogen-bond donors (Lipinski definition) is 0. The first-order chi connectivity index (χ1) is 6.74. The summed E-state index contributed by atoms with van der Waals surface area (Å²) < 4.78 is 4.85. The van der Waals surface area contributed by atoms with E-state index < -0.39 is 0 Å².